The SMILES string of the molecule is [3H]C1C[C@H](CP(Cl)OCCC#N)[C@@H](CC)O1. The fourth-order valence-corrected chi connectivity index (χ4v) is 3.50. The summed E-state index contributed by atoms with van der Waals surface area (Å²) >= 11 is 6.08. The van der Waals surface area contributed by atoms with E-state index in [4.69, 9.17) is 27.1 Å². The molecule has 86 valence electrons. The minimum Gasteiger partial charge on any atom is -0.378 e. The van der Waals surface area contributed by atoms with E-state index in [9.17, 15) is 0 Å². The molecule has 0 amide bonds. The molecule has 0 radical (unpaired) electrons. The van der Waals surface area contributed by atoms with Crippen LogP contribution in [0, 0.1) is 17.2 Å². The predicted molar refractivity (Wildman–Crippen MR) is 62.0 cm³/mol. The summed E-state index contributed by atoms with van der Waals surface area (Å²) in [6.45, 7) is 2.05. The first-order valence-corrected chi connectivity index (χ1v) is 7.53. The van der Waals surface area contributed by atoms with Crippen molar-refractivity contribution in [3.8, 4) is 6.07 Å². The molecule has 2 unspecified atom stereocenters. The zero-order valence-corrected chi connectivity index (χ0v) is 10.5. The van der Waals surface area contributed by atoms with Gasteiger partial charge in [0.1, 0.15) is 7.50 Å². The van der Waals surface area contributed by atoms with Gasteiger partial charge in [-0.25, -0.2) is 0 Å². The van der Waals surface area contributed by atoms with Gasteiger partial charge in [-0.3, -0.25) is 0 Å². The number of nitriles is 1. The van der Waals surface area contributed by atoms with Crippen LogP contribution in [0.25, 0.3) is 0 Å². The summed E-state index contributed by atoms with van der Waals surface area (Å²) in [5.74, 6) is 0.332. The highest BCUT2D eigenvalue weighted by molar-refractivity contribution is 7.80. The molecule has 0 aromatic rings. The molecule has 1 heterocycles. The van der Waals surface area contributed by atoms with E-state index >= 15 is 0 Å². The van der Waals surface area contributed by atoms with E-state index in [2.05, 4.69) is 6.92 Å². The van der Waals surface area contributed by atoms with E-state index in [1.54, 1.807) is 0 Å². The fraction of sp³-hybridized carbons (Fsp3) is 0.900. The molecule has 0 aromatic carbocycles. The molecule has 1 aliphatic heterocycles. The molecule has 1 rings (SSSR count). The van der Waals surface area contributed by atoms with Crippen molar-refractivity contribution < 1.29 is 10.6 Å². The molecule has 15 heavy (non-hydrogen) atoms. The lowest BCUT2D eigenvalue weighted by molar-refractivity contribution is 0.0915. The lowest BCUT2D eigenvalue weighted by atomic mass is 10.0. The van der Waals surface area contributed by atoms with Crippen LogP contribution >= 0.6 is 18.7 Å². The number of hydrogen-bond acceptors (Lipinski definition) is 3. The maximum Gasteiger partial charge on any atom is 0.124 e. The van der Waals surface area contributed by atoms with Crippen molar-refractivity contribution in [3.05, 3.63) is 0 Å². The molecular weight excluding hydrogens is 233 g/mol. The smallest absolute Gasteiger partial charge is 0.124 e. The second-order valence-electron chi connectivity index (χ2n) is 3.49. The lowest BCUT2D eigenvalue weighted by Gasteiger charge is -2.19. The summed E-state index contributed by atoms with van der Waals surface area (Å²) in [5.41, 5.74) is 0. The van der Waals surface area contributed by atoms with E-state index in [1.165, 1.54) is 0 Å². The van der Waals surface area contributed by atoms with Crippen molar-refractivity contribution in [2.45, 2.75) is 32.3 Å². The quantitative estimate of drug-likeness (QED) is 0.537. The van der Waals surface area contributed by atoms with Crippen LogP contribution in [0.2, 0.25) is 0 Å². The van der Waals surface area contributed by atoms with Crippen LogP contribution in [-0.4, -0.2) is 25.5 Å². The van der Waals surface area contributed by atoms with Crippen LogP contribution in [0.4, 0.5) is 0 Å². The molecule has 1 saturated heterocycles. The average Bonchev–Trinajstić information content (AvgIpc) is 2.59. The van der Waals surface area contributed by atoms with E-state index in [0.717, 1.165) is 19.0 Å². The summed E-state index contributed by atoms with van der Waals surface area (Å²) < 4.78 is 18.4. The largest absolute Gasteiger partial charge is 0.378 e. The molecule has 0 bridgehead atoms. The second-order valence-corrected chi connectivity index (χ2v) is 5.88. The molecule has 4 atom stereocenters. The predicted octanol–water partition coefficient (Wildman–Crippen LogP) is 3.28. The highest BCUT2D eigenvalue weighted by atomic mass is 35.7. The molecule has 1 fully saturated rings. The Labute approximate surface area is 98.7 Å². The summed E-state index contributed by atoms with van der Waals surface area (Å²) in [6.07, 6.45) is 2.94. The van der Waals surface area contributed by atoms with Gasteiger partial charge in [0.05, 0.1) is 26.6 Å². The maximum absolute atomic E-state index is 8.37. The molecule has 0 aliphatic carbocycles. The summed E-state index contributed by atoms with van der Waals surface area (Å²) in [7, 11) is -0.997. The molecule has 3 nitrogen and oxygen atoms in total. The Kier molecular flexibility index (Phi) is 5.74. The van der Waals surface area contributed by atoms with Crippen molar-refractivity contribution in [2.75, 3.05) is 19.4 Å². The van der Waals surface area contributed by atoms with E-state index in [1.807, 2.05) is 6.07 Å². The number of hydrogen-bond donors (Lipinski definition) is 0. The van der Waals surface area contributed by atoms with Crippen LogP contribution < -0.4 is 0 Å². The number of nitrogens with zero attached hydrogens (tertiary/aromatic N) is 1. The summed E-state index contributed by atoms with van der Waals surface area (Å²) in [4.78, 5) is 0. The zero-order valence-electron chi connectivity index (χ0n) is 9.86. The van der Waals surface area contributed by atoms with Crippen molar-refractivity contribution in [1.29, 1.82) is 5.26 Å². The van der Waals surface area contributed by atoms with Gasteiger partial charge in [0, 0.05) is 12.7 Å². The summed E-state index contributed by atoms with van der Waals surface area (Å²) in [5, 5.41) is 8.37. The minimum atomic E-state index is -0.997. The van der Waals surface area contributed by atoms with Crippen LogP contribution in [0.15, 0.2) is 0 Å². The Hall–Kier alpha value is 0.130. The van der Waals surface area contributed by atoms with Gasteiger partial charge in [0.25, 0.3) is 0 Å². The monoisotopic (exact) mass is 251 g/mol. The van der Waals surface area contributed by atoms with Crippen molar-refractivity contribution in [2.24, 2.45) is 5.92 Å². The van der Waals surface area contributed by atoms with Crippen molar-refractivity contribution in [3.63, 3.8) is 0 Å². The Bertz CT molecular complexity index is 251. The highest BCUT2D eigenvalue weighted by Crippen LogP contribution is 2.46. The lowest BCUT2D eigenvalue weighted by Crippen LogP contribution is -2.17. The first-order chi connectivity index (χ1) is 7.67. The second kappa shape index (κ2) is 7.41. The Morgan fingerprint density at radius 3 is 3.27 bits per heavy atom. The van der Waals surface area contributed by atoms with Gasteiger partial charge in [0.15, 0.2) is 0 Å². The van der Waals surface area contributed by atoms with Gasteiger partial charge < -0.3 is 9.26 Å². The van der Waals surface area contributed by atoms with E-state index < -0.39 is 14.1 Å². The van der Waals surface area contributed by atoms with Gasteiger partial charge in [-0.05, 0) is 18.8 Å². The van der Waals surface area contributed by atoms with E-state index in [0.29, 0.717) is 18.9 Å². The molecule has 0 aromatic heterocycles. The van der Waals surface area contributed by atoms with Crippen LogP contribution in [0.1, 0.15) is 27.6 Å². The van der Waals surface area contributed by atoms with Gasteiger partial charge in [-0.2, -0.15) is 5.26 Å². The Morgan fingerprint density at radius 2 is 2.60 bits per heavy atom. The highest BCUT2D eigenvalue weighted by Gasteiger charge is 2.29. The molecule has 1 aliphatic rings. The zero-order chi connectivity index (χ0) is 12.0. The molecular formula is C10H17ClNO2P. The third kappa shape index (κ3) is 4.66. The molecule has 0 N–H and O–H groups in total. The fourth-order valence-electron chi connectivity index (χ4n) is 1.61. The van der Waals surface area contributed by atoms with E-state index in [-0.39, 0.29) is 6.10 Å². The third-order valence-electron chi connectivity index (χ3n) is 2.42. The first-order valence-electron chi connectivity index (χ1n) is 5.76. The third-order valence-corrected chi connectivity index (χ3v) is 4.35. The van der Waals surface area contributed by atoms with Gasteiger partial charge in [0.2, 0.25) is 0 Å². The van der Waals surface area contributed by atoms with Crippen LogP contribution in [0.3, 0.4) is 0 Å². The minimum absolute atomic E-state index is 0.144. The van der Waals surface area contributed by atoms with Crippen molar-refractivity contribution >= 4 is 18.7 Å². The number of rotatable bonds is 6. The Morgan fingerprint density at radius 1 is 1.80 bits per heavy atom. The van der Waals surface area contributed by atoms with Crippen LogP contribution in [-0.2, 0) is 9.26 Å². The van der Waals surface area contributed by atoms with Crippen LogP contribution in [0.5, 0.6) is 0 Å². The Balaban J connectivity index is 2.27. The average molecular weight is 252 g/mol. The first kappa shape index (κ1) is 11.6. The topological polar surface area (TPSA) is 42.2 Å². The molecule has 0 spiro atoms. The normalized spacial score (nSPS) is 33.4. The molecule has 5 heteroatoms. The maximum atomic E-state index is 8.37. The van der Waals surface area contributed by atoms with Gasteiger partial charge >= 0.3 is 0 Å². The molecule has 0 saturated carbocycles. The van der Waals surface area contributed by atoms with Gasteiger partial charge in [-0.1, -0.05) is 18.2 Å². The van der Waals surface area contributed by atoms with Gasteiger partial charge in [-0.15, -0.1) is 0 Å². The standard InChI is InChI=1S/C10H17ClNO2P/c1-2-10-9(4-7-13-10)8-15(11)14-6-3-5-12/h9-10H,2-4,6-8H2,1H3/t9-,10-,15?/m1/s1/i7T/t7?,9-,10-,15?. The number of ether oxygens (including phenoxy) is 1. The summed E-state index contributed by atoms with van der Waals surface area (Å²) in [6, 6.07) is 2.02. The van der Waals surface area contributed by atoms with Crippen molar-refractivity contribution in [1.82, 2.24) is 0 Å². The number of halogens is 1.